The van der Waals surface area contributed by atoms with Gasteiger partial charge in [-0.15, -0.1) is 0 Å². The Morgan fingerprint density at radius 1 is 1.07 bits per heavy atom. The summed E-state index contributed by atoms with van der Waals surface area (Å²) in [6, 6.07) is 9.17. The van der Waals surface area contributed by atoms with Crippen molar-refractivity contribution in [2.24, 2.45) is 0 Å². The number of nitrogens with zero attached hydrogens (tertiary/aromatic N) is 2. The molecule has 2 aromatic rings. The van der Waals surface area contributed by atoms with E-state index in [1.54, 1.807) is 34.1 Å². The zero-order valence-corrected chi connectivity index (χ0v) is 16.6. The molecule has 1 saturated heterocycles. The van der Waals surface area contributed by atoms with Gasteiger partial charge in [-0.05, 0) is 30.3 Å². The lowest BCUT2D eigenvalue weighted by atomic mass is 10.2. The first-order valence-corrected chi connectivity index (χ1v) is 10.6. The molecule has 0 atom stereocenters. The molecule has 2 heterocycles. The van der Waals surface area contributed by atoms with Crippen LogP contribution in [0.4, 0.5) is 0 Å². The second-order valence-corrected chi connectivity index (χ2v) is 8.46. The average Bonchev–Trinajstić information content (AvgIpc) is 3.22. The summed E-state index contributed by atoms with van der Waals surface area (Å²) in [7, 11) is -3.72. The third-order valence-electron chi connectivity index (χ3n) is 4.39. The van der Waals surface area contributed by atoms with Gasteiger partial charge in [0.25, 0.3) is 5.91 Å². The fourth-order valence-electron chi connectivity index (χ4n) is 2.88. The van der Waals surface area contributed by atoms with E-state index in [-0.39, 0.29) is 35.4 Å². The molecular formula is C18H20ClN3O5S. The maximum Gasteiger partial charge on any atom is 0.289 e. The lowest BCUT2D eigenvalue weighted by Crippen LogP contribution is -2.51. The summed E-state index contributed by atoms with van der Waals surface area (Å²) < 4.78 is 32.0. The van der Waals surface area contributed by atoms with Crippen molar-refractivity contribution < 1.29 is 22.4 Å². The molecule has 0 saturated carbocycles. The summed E-state index contributed by atoms with van der Waals surface area (Å²) in [4.78, 5) is 27.9. The fraction of sp³-hybridized carbons (Fsp3) is 0.333. The Hall–Kier alpha value is -2.36. The van der Waals surface area contributed by atoms with Crippen LogP contribution in [0.15, 0.2) is 52.0 Å². The van der Waals surface area contributed by atoms with Crippen molar-refractivity contribution in [1.82, 2.24) is 14.5 Å². The summed E-state index contributed by atoms with van der Waals surface area (Å²) in [6.45, 7) is 1.58. The van der Waals surface area contributed by atoms with Crippen molar-refractivity contribution >= 4 is 33.4 Å². The van der Waals surface area contributed by atoms with Gasteiger partial charge in [-0.1, -0.05) is 17.7 Å². The van der Waals surface area contributed by atoms with E-state index >= 15 is 0 Å². The topological polar surface area (TPSA) is 99.9 Å². The standard InChI is InChI=1S/C18H20ClN3O5S/c19-14-3-1-4-15(13-14)28(25,26)20-7-6-17(23)21-8-10-22(11-9-21)18(24)16-5-2-12-27-16/h1-5,12-13,20H,6-11H2. The zero-order valence-electron chi connectivity index (χ0n) is 15.0. The third kappa shape index (κ3) is 4.92. The Morgan fingerprint density at radius 2 is 1.79 bits per heavy atom. The van der Waals surface area contributed by atoms with Crippen LogP contribution in [0.25, 0.3) is 0 Å². The molecule has 10 heteroatoms. The molecule has 8 nitrogen and oxygen atoms in total. The minimum Gasteiger partial charge on any atom is -0.459 e. The highest BCUT2D eigenvalue weighted by molar-refractivity contribution is 7.89. The Morgan fingerprint density at radius 3 is 2.43 bits per heavy atom. The molecule has 1 aromatic carbocycles. The van der Waals surface area contributed by atoms with Gasteiger partial charge >= 0.3 is 0 Å². The Balaban J connectivity index is 1.45. The number of amides is 2. The number of piperazine rings is 1. The summed E-state index contributed by atoms with van der Waals surface area (Å²) in [5, 5.41) is 0.320. The van der Waals surface area contributed by atoms with Crippen LogP contribution >= 0.6 is 11.6 Å². The van der Waals surface area contributed by atoms with Gasteiger partial charge in [-0.3, -0.25) is 9.59 Å². The Labute approximate surface area is 168 Å². The van der Waals surface area contributed by atoms with E-state index < -0.39 is 10.0 Å². The molecule has 0 spiro atoms. The van der Waals surface area contributed by atoms with Crippen molar-refractivity contribution in [3.63, 3.8) is 0 Å². The Kier molecular flexibility index (Phi) is 6.38. The monoisotopic (exact) mass is 425 g/mol. The van der Waals surface area contributed by atoms with Crippen LogP contribution < -0.4 is 4.72 Å². The van der Waals surface area contributed by atoms with Crippen molar-refractivity contribution in [3.8, 4) is 0 Å². The quantitative estimate of drug-likeness (QED) is 0.757. The van der Waals surface area contributed by atoms with Crippen LogP contribution in [-0.4, -0.2) is 62.8 Å². The second-order valence-electron chi connectivity index (χ2n) is 6.26. The number of hydrogen-bond acceptors (Lipinski definition) is 5. The molecule has 0 aliphatic carbocycles. The summed E-state index contributed by atoms with van der Waals surface area (Å²) >= 11 is 5.82. The van der Waals surface area contributed by atoms with Gasteiger partial charge in [0.15, 0.2) is 5.76 Å². The van der Waals surface area contributed by atoms with Crippen LogP contribution in [0.2, 0.25) is 5.02 Å². The van der Waals surface area contributed by atoms with E-state index in [9.17, 15) is 18.0 Å². The molecule has 1 aliphatic rings. The first kappa shape index (κ1) is 20.4. The number of furan rings is 1. The van der Waals surface area contributed by atoms with Crippen LogP contribution in [0, 0.1) is 0 Å². The molecule has 1 fully saturated rings. The molecule has 0 unspecified atom stereocenters. The molecule has 1 aliphatic heterocycles. The smallest absolute Gasteiger partial charge is 0.289 e. The molecular weight excluding hydrogens is 406 g/mol. The average molecular weight is 426 g/mol. The van der Waals surface area contributed by atoms with E-state index in [0.29, 0.717) is 31.2 Å². The molecule has 1 N–H and O–H groups in total. The maximum absolute atomic E-state index is 12.3. The fourth-order valence-corrected chi connectivity index (χ4v) is 4.22. The number of benzene rings is 1. The number of halogens is 1. The van der Waals surface area contributed by atoms with E-state index in [0.717, 1.165) is 0 Å². The number of nitrogens with one attached hydrogen (secondary N) is 1. The zero-order chi connectivity index (χ0) is 20.1. The number of carbonyl (C=O) groups is 2. The predicted molar refractivity (Wildman–Crippen MR) is 102 cm³/mol. The van der Waals surface area contributed by atoms with E-state index in [1.807, 2.05) is 0 Å². The highest BCUT2D eigenvalue weighted by Crippen LogP contribution is 2.15. The van der Waals surface area contributed by atoms with Crippen LogP contribution in [0.3, 0.4) is 0 Å². The lowest BCUT2D eigenvalue weighted by Gasteiger charge is -2.34. The molecule has 1 aromatic heterocycles. The normalized spacial score (nSPS) is 14.9. The van der Waals surface area contributed by atoms with Crippen molar-refractivity contribution in [3.05, 3.63) is 53.4 Å². The minimum atomic E-state index is -3.72. The highest BCUT2D eigenvalue weighted by Gasteiger charge is 2.26. The lowest BCUT2D eigenvalue weighted by molar-refractivity contribution is -0.132. The first-order valence-electron chi connectivity index (χ1n) is 8.72. The predicted octanol–water partition coefficient (Wildman–Crippen LogP) is 1.59. The van der Waals surface area contributed by atoms with Gasteiger partial charge in [0.1, 0.15) is 0 Å². The molecule has 28 heavy (non-hydrogen) atoms. The van der Waals surface area contributed by atoms with Gasteiger partial charge < -0.3 is 14.2 Å². The maximum atomic E-state index is 12.3. The molecule has 150 valence electrons. The largest absolute Gasteiger partial charge is 0.459 e. The van der Waals surface area contributed by atoms with Gasteiger partial charge in [0, 0.05) is 44.2 Å². The van der Waals surface area contributed by atoms with Crippen molar-refractivity contribution in [1.29, 1.82) is 0 Å². The van der Waals surface area contributed by atoms with Crippen molar-refractivity contribution in [2.45, 2.75) is 11.3 Å². The Bertz CT molecular complexity index is 938. The summed E-state index contributed by atoms with van der Waals surface area (Å²) in [5.74, 6) is -0.0968. The third-order valence-corrected chi connectivity index (χ3v) is 6.08. The summed E-state index contributed by atoms with van der Waals surface area (Å²) in [5.41, 5.74) is 0. The molecule has 0 radical (unpaired) electrons. The number of hydrogen-bond donors (Lipinski definition) is 1. The molecule has 0 bridgehead atoms. The second kappa shape index (κ2) is 8.76. The van der Waals surface area contributed by atoms with E-state index in [1.165, 1.54) is 18.4 Å². The minimum absolute atomic E-state index is 0.0147. The van der Waals surface area contributed by atoms with Gasteiger partial charge in [-0.2, -0.15) is 0 Å². The first-order chi connectivity index (χ1) is 13.4. The molecule has 3 rings (SSSR count). The number of rotatable bonds is 6. The van der Waals surface area contributed by atoms with Crippen LogP contribution in [-0.2, 0) is 14.8 Å². The number of sulfonamides is 1. The molecule has 2 amide bonds. The van der Waals surface area contributed by atoms with E-state index in [4.69, 9.17) is 16.0 Å². The van der Waals surface area contributed by atoms with E-state index in [2.05, 4.69) is 4.72 Å². The van der Waals surface area contributed by atoms with Crippen LogP contribution in [0.1, 0.15) is 17.0 Å². The van der Waals surface area contributed by atoms with Crippen molar-refractivity contribution in [2.75, 3.05) is 32.7 Å². The van der Waals surface area contributed by atoms with Crippen LogP contribution in [0.5, 0.6) is 0 Å². The van der Waals surface area contributed by atoms with Gasteiger partial charge in [0.05, 0.1) is 11.2 Å². The number of carbonyl (C=O) groups excluding carboxylic acids is 2. The highest BCUT2D eigenvalue weighted by atomic mass is 35.5. The van der Waals surface area contributed by atoms with Gasteiger partial charge in [-0.25, -0.2) is 13.1 Å². The summed E-state index contributed by atoms with van der Waals surface area (Å²) in [6.07, 6.45) is 1.48. The SMILES string of the molecule is O=C(CCNS(=O)(=O)c1cccc(Cl)c1)N1CCN(C(=O)c2ccco2)CC1. The van der Waals surface area contributed by atoms with Gasteiger partial charge in [0.2, 0.25) is 15.9 Å².